The largest absolute Gasteiger partial charge is 0.527 e. The molecule has 0 saturated heterocycles. The van der Waals surface area contributed by atoms with E-state index >= 15 is 0 Å². The molecule has 16 heavy (non-hydrogen) atoms. The molecule has 1 atom stereocenters. The van der Waals surface area contributed by atoms with Gasteiger partial charge in [0.2, 0.25) is 0 Å². The molecule has 0 heterocycles. The average molecular weight is 253 g/mol. The lowest BCUT2D eigenvalue weighted by Crippen LogP contribution is -2.37. The molecule has 1 rings (SSSR count). The van der Waals surface area contributed by atoms with Crippen LogP contribution in [0.5, 0.6) is 0 Å². The number of hydroxylamine groups is 1. The lowest BCUT2D eigenvalue weighted by atomic mass is 10.3. The van der Waals surface area contributed by atoms with Gasteiger partial charge in [0.1, 0.15) is 6.04 Å². The highest BCUT2D eigenvalue weighted by atomic mass is 31.2. The van der Waals surface area contributed by atoms with Crippen LogP contribution in [0.1, 0.15) is 32.6 Å². The van der Waals surface area contributed by atoms with Crippen LogP contribution in [-0.2, 0) is 18.7 Å². The minimum atomic E-state index is -4.77. The van der Waals surface area contributed by atoms with Crippen molar-refractivity contribution in [3.63, 3.8) is 0 Å². The first-order chi connectivity index (χ1) is 7.38. The fourth-order valence-corrected chi connectivity index (χ4v) is 1.84. The summed E-state index contributed by atoms with van der Waals surface area (Å²) in [7, 11) is -4.77. The molecule has 1 aliphatic rings. The zero-order valence-electron chi connectivity index (χ0n) is 8.96. The maximum absolute atomic E-state index is 11.1. The number of phosphoric ester groups is 1. The Balaban J connectivity index is 2.25. The van der Waals surface area contributed by atoms with Crippen molar-refractivity contribution in [2.75, 3.05) is 0 Å². The second kappa shape index (κ2) is 5.75. The summed E-state index contributed by atoms with van der Waals surface area (Å²) >= 11 is 0. The molecule has 0 aliphatic heterocycles. The van der Waals surface area contributed by atoms with Gasteiger partial charge in [-0.2, -0.15) is 5.48 Å². The van der Waals surface area contributed by atoms with E-state index in [1.54, 1.807) is 0 Å². The fourth-order valence-electron chi connectivity index (χ4n) is 1.45. The third-order valence-electron chi connectivity index (χ3n) is 2.28. The highest BCUT2D eigenvalue weighted by Gasteiger charge is 2.26. The molecule has 1 saturated carbocycles. The van der Waals surface area contributed by atoms with Crippen LogP contribution in [0.15, 0.2) is 0 Å². The summed E-state index contributed by atoms with van der Waals surface area (Å²) in [6.45, 7) is 1.41. The molecular weight excluding hydrogens is 237 g/mol. The molecule has 0 aromatic rings. The Morgan fingerprint density at radius 1 is 1.44 bits per heavy atom. The van der Waals surface area contributed by atoms with Crippen LogP contribution in [-0.4, -0.2) is 27.9 Å². The van der Waals surface area contributed by atoms with E-state index in [4.69, 9.17) is 14.6 Å². The summed E-state index contributed by atoms with van der Waals surface area (Å²) in [5.41, 5.74) is 2.43. The van der Waals surface area contributed by atoms with E-state index in [1.165, 1.54) is 6.92 Å². The van der Waals surface area contributed by atoms with E-state index in [0.29, 0.717) is 0 Å². The number of phosphoric acid groups is 1. The monoisotopic (exact) mass is 253 g/mol. The van der Waals surface area contributed by atoms with Gasteiger partial charge in [0.25, 0.3) is 0 Å². The van der Waals surface area contributed by atoms with E-state index in [-0.39, 0.29) is 6.10 Å². The van der Waals surface area contributed by atoms with Crippen LogP contribution in [0.4, 0.5) is 0 Å². The Morgan fingerprint density at radius 2 is 2.00 bits per heavy atom. The first-order valence-corrected chi connectivity index (χ1v) is 6.61. The van der Waals surface area contributed by atoms with Gasteiger partial charge in [-0.05, 0) is 19.8 Å². The van der Waals surface area contributed by atoms with Crippen molar-refractivity contribution in [3.05, 3.63) is 0 Å². The summed E-state index contributed by atoms with van der Waals surface area (Å²) < 4.78 is 14.3. The second-order valence-corrected chi connectivity index (χ2v) is 4.93. The molecule has 3 N–H and O–H groups in total. The number of carbonyl (C=O) groups excluding carboxylic acids is 1. The van der Waals surface area contributed by atoms with E-state index < -0.39 is 19.8 Å². The van der Waals surface area contributed by atoms with Crippen molar-refractivity contribution < 1.29 is 28.5 Å². The number of hydrogen-bond donors (Lipinski definition) is 3. The van der Waals surface area contributed by atoms with Gasteiger partial charge < -0.3 is 4.52 Å². The van der Waals surface area contributed by atoms with Gasteiger partial charge in [-0.15, -0.1) is 0 Å². The molecule has 1 aliphatic carbocycles. The van der Waals surface area contributed by atoms with Gasteiger partial charge >= 0.3 is 13.8 Å². The Kier molecular flexibility index (Phi) is 4.89. The number of hydrogen-bond acceptors (Lipinski definition) is 5. The zero-order valence-corrected chi connectivity index (χ0v) is 9.85. The van der Waals surface area contributed by atoms with E-state index in [9.17, 15) is 9.36 Å². The molecule has 8 heteroatoms. The molecule has 0 aromatic carbocycles. The quantitative estimate of drug-likeness (QED) is 0.483. The lowest BCUT2D eigenvalue weighted by Gasteiger charge is -2.16. The summed E-state index contributed by atoms with van der Waals surface area (Å²) in [5, 5.41) is 0. The van der Waals surface area contributed by atoms with Crippen molar-refractivity contribution in [1.29, 1.82) is 0 Å². The van der Waals surface area contributed by atoms with Gasteiger partial charge in [-0.25, -0.2) is 9.36 Å². The van der Waals surface area contributed by atoms with Crippen molar-refractivity contribution in [2.45, 2.75) is 44.8 Å². The molecule has 94 valence electrons. The molecule has 0 radical (unpaired) electrons. The van der Waals surface area contributed by atoms with Crippen LogP contribution in [0.3, 0.4) is 0 Å². The topological polar surface area (TPSA) is 105 Å². The molecular formula is C8H16NO6P. The van der Waals surface area contributed by atoms with E-state index in [0.717, 1.165) is 25.7 Å². The summed E-state index contributed by atoms with van der Waals surface area (Å²) in [6, 6.07) is -0.909. The molecule has 0 spiro atoms. The van der Waals surface area contributed by atoms with E-state index in [1.807, 2.05) is 0 Å². The lowest BCUT2D eigenvalue weighted by molar-refractivity contribution is -0.143. The van der Waals surface area contributed by atoms with Gasteiger partial charge in [-0.3, -0.25) is 14.6 Å². The zero-order chi connectivity index (χ0) is 12.2. The predicted molar refractivity (Wildman–Crippen MR) is 54.1 cm³/mol. The molecule has 7 nitrogen and oxygen atoms in total. The normalized spacial score (nSPS) is 19.7. The average Bonchev–Trinajstić information content (AvgIpc) is 2.63. The van der Waals surface area contributed by atoms with Gasteiger partial charge in [-0.1, -0.05) is 12.8 Å². The summed E-state index contributed by atoms with van der Waals surface area (Å²) in [6.07, 6.45) is 4.09. The first kappa shape index (κ1) is 13.6. The van der Waals surface area contributed by atoms with Crippen molar-refractivity contribution >= 4 is 13.8 Å². The maximum Gasteiger partial charge on any atom is 0.527 e. The highest BCUT2D eigenvalue weighted by Crippen LogP contribution is 2.36. The molecule has 0 aromatic heterocycles. The number of carbonyl (C=O) groups is 1. The Bertz CT molecular complexity index is 284. The van der Waals surface area contributed by atoms with E-state index in [2.05, 4.69) is 10.0 Å². The van der Waals surface area contributed by atoms with Gasteiger partial charge in [0.15, 0.2) is 0 Å². The second-order valence-electron chi connectivity index (χ2n) is 3.76. The van der Waals surface area contributed by atoms with Crippen molar-refractivity contribution in [1.82, 2.24) is 5.48 Å². The minimum absolute atomic E-state index is 0.0605. The number of nitrogens with one attached hydrogen (secondary N) is 1. The van der Waals surface area contributed by atoms with Crippen molar-refractivity contribution in [3.8, 4) is 0 Å². The predicted octanol–water partition coefficient (Wildman–Crippen LogP) is 0.475. The third kappa shape index (κ3) is 5.05. The van der Waals surface area contributed by atoms with Crippen LogP contribution in [0, 0.1) is 0 Å². The van der Waals surface area contributed by atoms with Crippen LogP contribution in [0.25, 0.3) is 0 Å². The van der Waals surface area contributed by atoms with Crippen LogP contribution < -0.4 is 5.48 Å². The van der Waals surface area contributed by atoms with Crippen LogP contribution in [0.2, 0.25) is 0 Å². The summed E-state index contributed by atoms with van der Waals surface area (Å²) in [4.78, 5) is 33.1. The minimum Gasteiger partial charge on any atom is -0.369 e. The first-order valence-electron chi connectivity index (χ1n) is 5.08. The van der Waals surface area contributed by atoms with Crippen molar-refractivity contribution in [2.24, 2.45) is 0 Å². The third-order valence-corrected chi connectivity index (χ3v) is 2.69. The molecule has 0 bridgehead atoms. The molecule has 1 unspecified atom stereocenters. The fraction of sp³-hybridized carbons (Fsp3) is 0.875. The molecule has 0 amide bonds. The number of rotatable bonds is 5. The molecule has 1 fully saturated rings. The maximum atomic E-state index is 11.1. The van der Waals surface area contributed by atoms with Crippen LogP contribution >= 0.6 is 7.82 Å². The van der Waals surface area contributed by atoms with Gasteiger partial charge in [0, 0.05) is 0 Å². The standard InChI is InChI=1S/C8H16NO6P/c1-6(8(10)15-16(11,12)13)9-14-7-4-2-3-5-7/h6-7,9H,2-5H2,1H3,(H2,11,12,13). The Hall–Kier alpha value is -0.460. The highest BCUT2D eigenvalue weighted by molar-refractivity contribution is 7.46. The van der Waals surface area contributed by atoms with Gasteiger partial charge in [0.05, 0.1) is 6.10 Å². The SMILES string of the molecule is CC(NOC1CCCC1)C(=O)OP(=O)(O)O. The smallest absolute Gasteiger partial charge is 0.369 e. The Morgan fingerprint density at radius 3 is 2.50 bits per heavy atom. The Labute approximate surface area is 93.3 Å². The summed E-state index contributed by atoms with van der Waals surface area (Å²) in [5.74, 6) is -1.04.